The summed E-state index contributed by atoms with van der Waals surface area (Å²) in [6.45, 7) is 3.18. The second-order valence-electron chi connectivity index (χ2n) is 7.51. The van der Waals surface area contributed by atoms with Crippen LogP contribution in [0.4, 0.5) is 0 Å². The number of nitrogens with zero attached hydrogens (tertiary/aromatic N) is 3. The molecule has 0 bridgehead atoms. The molecule has 1 aromatic heterocycles. The quantitative estimate of drug-likeness (QED) is 0.595. The molecule has 8 nitrogen and oxygen atoms in total. The van der Waals surface area contributed by atoms with Crippen LogP contribution in [0.15, 0.2) is 24.3 Å². The maximum Gasteiger partial charge on any atom is 0.226 e. The van der Waals surface area contributed by atoms with Crippen molar-refractivity contribution in [2.75, 3.05) is 20.2 Å². The summed E-state index contributed by atoms with van der Waals surface area (Å²) < 4.78 is 7.58. The van der Waals surface area contributed by atoms with E-state index in [9.17, 15) is 9.59 Å². The number of unbranched alkanes of at least 4 members (excludes halogenated alkanes) is 1. The van der Waals surface area contributed by atoms with Crippen LogP contribution in [0.1, 0.15) is 43.6 Å². The number of hydrogen-bond acceptors (Lipinski definition) is 5. The van der Waals surface area contributed by atoms with Crippen LogP contribution in [0.3, 0.4) is 0 Å². The van der Waals surface area contributed by atoms with Gasteiger partial charge in [0, 0.05) is 33.0 Å². The van der Waals surface area contributed by atoms with Gasteiger partial charge in [0.25, 0.3) is 0 Å². The van der Waals surface area contributed by atoms with E-state index in [1.165, 1.54) is 0 Å². The first-order valence-electron chi connectivity index (χ1n) is 10.3. The van der Waals surface area contributed by atoms with Crippen molar-refractivity contribution in [1.29, 1.82) is 0 Å². The minimum absolute atomic E-state index is 0.0267. The molecule has 162 valence electrons. The van der Waals surface area contributed by atoms with Crippen LogP contribution in [-0.4, -0.2) is 51.7 Å². The summed E-state index contributed by atoms with van der Waals surface area (Å²) in [7, 11) is 3.45. The van der Waals surface area contributed by atoms with Crippen LogP contribution in [0, 0.1) is 10.7 Å². The van der Waals surface area contributed by atoms with Crippen molar-refractivity contribution in [3.63, 3.8) is 0 Å². The SMILES string of the molecule is CCCCN1C(=O)CC(C(=O)NCCc2n[nH]c(=S)n2C)C1c1ccc(OC)cc1. The van der Waals surface area contributed by atoms with E-state index >= 15 is 0 Å². The first kappa shape index (κ1) is 22.0. The molecule has 1 saturated heterocycles. The Kier molecular flexibility index (Phi) is 7.25. The summed E-state index contributed by atoms with van der Waals surface area (Å²) in [5, 5.41) is 9.89. The van der Waals surface area contributed by atoms with Crippen LogP contribution >= 0.6 is 12.2 Å². The van der Waals surface area contributed by atoms with Crippen molar-refractivity contribution < 1.29 is 14.3 Å². The highest BCUT2D eigenvalue weighted by molar-refractivity contribution is 7.71. The predicted molar refractivity (Wildman–Crippen MR) is 116 cm³/mol. The maximum atomic E-state index is 13.0. The topological polar surface area (TPSA) is 92.3 Å². The smallest absolute Gasteiger partial charge is 0.226 e. The fourth-order valence-corrected chi connectivity index (χ4v) is 4.01. The summed E-state index contributed by atoms with van der Waals surface area (Å²) >= 11 is 5.12. The number of H-pyrrole nitrogens is 1. The highest BCUT2D eigenvalue weighted by Crippen LogP contribution is 2.39. The van der Waals surface area contributed by atoms with Crippen LogP contribution in [0.5, 0.6) is 5.75 Å². The molecule has 2 heterocycles. The van der Waals surface area contributed by atoms with E-state index in [1.54, 1.807) is 11.7 Å². The first-order valence-corrected chi connectivity index (χ1v) is 10.7. The van der Waals surface area contributed by atoms with Crippen molar-refractivity contribution in [2.45, 2.75) is 38.6 Å². The lowest BCUT2D eigenvalue weighted by atomic mass is 9.92. The minimum atomic E-state index is -0.426. The van der Waals surface area contributed by atoms with Crippen molar-refractivity contribution in [1.82, 2.24) is 25.0 Å². The average Bonchev–Trinajstić information content (AvgIpc) is 3.25. The number of nitrogens with one attached hydrogen (secondary N) is 2. The Hall–Kier alpha value is -2.68. The Labute approximate surface area is 181 Å². The zero-order chi connectivity index (χ0) is 21.7. The zero-order valence-electron chi connectivity index (χ0n) is 17.7. The fourth-order valence-electron chi connectivity index (χ4n) is 3.86. The average molecular weight is 432 g/mol. The highest BCUT2D eigenvalue weighted by Gasteiger charge is 2.44. The Morgan fingerprint density at radius 3 is 2.70 bits per heavy atom. The van der Waals surface area contributed by atoms with Gasteiger partial charge in [0.2, 0.25) is 11.8 Å². The minimum Gasteiger partial charge on any atom is -0.497 e. The standard InChI is InChI=1S/C21H29N5O3S/c1-4-5-12-26-18(27)13-16(19(26)14-6-8-15(29-3)9-7-14)20(28)22-11-10-17-23-24-21(30)25(17)2/h6-9,16,19H,4-5,10-13H2,1-3H3,(H,22,28)(H,24,30). The number of carbonyl (C=O) groups is 2. The molecule has 2 aromatic rings. The van der Waals surface area contributed by atoms with Gasteiger partial charge in [-0.05, 0) is 36.3 Å². The van der Waals surface area contributed by atoms with Gasteiger partial charge in [-0.15, -0.1) is 0 Å². The number of aromatic nitrogens is 3. The van der Waals surface area contributed by atoms with E-state index in [4.69, 9.17) is 17.0 Å². The lowest BCUT2D eigenvalue weighted by Crippen LogP contribution is -2.37. The molecule has 3 rings (SSSR count). The number of benzene rings is 1. The molecule has 2 amide bonds. The van der Waals surface area contributed by atoms with Crippen LogP contribution in [0.25, 0.3) is 0 Å². The van der Waals surface area contributed by atoms with Gasteiger partial charge in [0.1, 0.15) is 11.6 Å². The van der Waals surface area contributed by atoms with E-state index in [0.29, 0.717) is 24.3 Å². The number of carbonyl (C=O) groups excluding carboxylic acids is 2. The molecule has 2 N–H and O–H groups in total. The second-order valence-corrected chi connectivity index (χ2v) is 7.90. The zero-order valence-corrected chi connectivity index (χ0v) is 18.5. The van der Waals surface area contributed by atoms with E-state index in [2.05, 4.69) is 22.4 Å². The summed E-state index contributed by atoms with van der Waals surface area (Å²) in [4.78, 5) is 27.6. The molecule has 30 heavy (non-hydrogen) atoms. The molecule has 0 radical (unpaired) electrons. The third-order valence-electron chi connectivity index (χ3n) is 5.60. The van der Waals surface area contributed by atoms with Crippen molar-refractivity contribution in [3.8, 4) is 5.75 Å². The molecule has 1 fully saturated rings. The molecular formula is C21H29N5O3S. The lowest BCUT2D eigenvalue weighted by Gasteiger charge is -2.28. The van der Waals surface area contributed by atoms with Gasteiger partial charge in [-0.25, -0.2) is 0 Å². The molecule has 0 saturated carbocycles. The summed E-state index contributed by atoms with van der Waals surface area (Å²) in [5.41, 5.74) is 0.951. The molecule has 0 aliphatic carbocycles. The summed E-state index contributed by atoms with van der Waals surface area (Å²) in [6.07, 6.45) is 2.68. The van der Waals surface area contributed by atoms with Gasteiger partial charge >= 0.3 is 0 Å². The second kappa shape index (κ2) is 9.88. The normalized spacial score (nSPS) is 18.6. The number of aromatic amines is 1. The van der Waals surface area contributed by atoms with Crippen molar-refractivity contribution >= 4 is 24.0 Å². The number of amides is 2. The number of methoxy groups -OCH3 is 1. The number of ether oxygens (including phenoxy) is 1. The van der Waals surface area contributed by atoms with E-state index in [-0.39, 0.29) is 24.3 Å². The molecule has 0 spiro atoms. The van der Waals surface area contributed by atoms with Gasteiger partial charge in [0.05, 0.1) is 19.1 Å². The molecular weight excluding hydrogens is 402 g/mol. The third-order valence-corrected chi connectivity index (χ3v) is 5.96. The molecule has 2 unspecified atom stereocenters. The van der Waals surface area contributed by atoms with Gasteiger partial charge in [-0.1, -0.05) is 25.5 Å². The van der Waals surface area contributed by atoms with Crippen molar-refractivity contribution in [2.24, 2.45) is 13.0 Å². The van der Waals surface area contributed by atoms with Crippen LogP contribution in [0.2, 0.25) is 0 Å². The predicted octanol–water partition coefficient (Wildman–Crippen LogP) is 2.53. The largest absolute Gasteiger partial charge is 0.497 e. The molecule has 2 atom stereocenters. The summed E-state index contributed by atoms with van der Waals surface area (Å²) in [6, 6.07) is 7.35. The third kappa shape index (κ3) is 4.72. The van der Waals surface area contributed by atoms with Crippen molar-refractivity contribution in [3.05, 3.63) is 40.4 Å². The molecule has 1 aromatic carbocycles. The Morgan fingerprint density at radius 1 is 1.37 bits per heavy atom. The van der Waals surface area contributed by atoms with Gasteiger partial charge in [-0.3, -0.25) is 14.7 Å². The Balaban J connectivity index is 1.74. The number of likely N-dealkylation sites (tertiary alicyclic amines) is 1. The van der Waals surface area contributed by atoms with Gasteiger partial charge < -0.3 is 19.5 Å². The fraction of sp³-hybridized carbons (Fsp3) is 0.524. The van der Waals surface area contributed by atoms with Gasteiger partial charge in [-0.2, -0.15) is 5.10 Å². The first-order chi connectivity index (χ1) is 14.5. The molecule has 9 heteroatoms. The van der Waals surface area contributed by atoms with Gasteiger partial charge in [0.15, 0.2) is 4.77 Å². The Morgan fingerprint density at radius 2 is 2.10 bits per heavy atom. The van der Waals surface area contributed by atoms with E-state index in [0.717, 1.165) is 30.0 Å². The Bertz CT molecular complexity index is 937. The number of hydrogen-bond donors (Lipinski definition) is 2. The highest BCUT2D eigenvalue weighted by atomic mass is 32.1. The lowest BCUT2D eigenvalue weighted by molar-refractivity contribution is -0.129. The van der Waals surface area contributed by atoms with Crippen LogP contribution in [-0.2, 0) is 23.1 Å². The number of rotatable bonds is 9. The molecule has 1 aliphatic rings. The maximum absolute atomic E-state index is 13.0. The summed E-state index contributed by atoms with van der Waals surface area (Å²) in [5.74, 6) is 1.01. The van der Waals surface area contributed by atoms with E-state index in [1.807, 2.05) is 36.2 Å². The van der Waals surface area contributed by atoms with E-state index < -0.39 is 5.92 Å². The van der Waals surface area contributed by atoms with Crippen LogP contribution < -0.4 is 10.1 Å². The monoisotopic (exact) mass is 431 g/mol. The molecule has 1 aliphatic heterocycles.